The first-order chi connectivity index (χ1) is 18.2. The lowest BCUT2D eigenvalue weighted by Crippen LogP contribution is -2.74. The quantitative estimate of drug-likeness (QED) is 0.0624. The molecule has 0 aromatic heterocycles. The number of unbranched alkanes of at least 4 members (excludes halogenated alkanes) is 3. The molecule has 0 amide bonds. The maximum Gasteiger partial charge on any atom is 0.460 e. The van der Waals surface area contributed by atoms with Crippen LogP contribution < -0.4 is 0 Å². The molecule has 21 heteroatoms. The van der Waals surface area contributed by atoms with Crippen LogP contribution in [0, 0.1) is 0 Å². The van der Waals surface area contributed by atoms with Gasteiger partial charge in [-0.15, -0.1) is 23.5 Å². The first-order valence-electron chi connectivity index (χ1n) is 11.3. The van der Waals surface area contributed by atoms with E-state index in [-0.39, 0.29) is 24.1 Å². The number of hydrogen-bond donors (Lipinski definition) is 0. The number of halogens is 17. The van der Waals surface area contributed by atoms with Gasteiger partial charge in [0.05, 0.1) is 6.61 Å². The molecule has 1 atom stereocenters. The molecule has 0 aromatic carbocycles. The highest BCUT2D eigenvalue weighted by Gasteiger charge is 2.95. The normalized spacial score (nSPS) is 15.7. The fraction of sp³-hybridized carbons (Fsp3) is 0.950. The van der Waals surface area contributed by atoms with Crippen LogP contribution in [-0.2, 0) is 9.53 Å². The Morgan fingerprint density at radius 1 is 0.585 bits per heavy atom. The summed E-state index contributed by atoms with van der Waals surface area (Å²) in [5.41, 5.74) is 0. The molecule has 0 aromatic rings. The molecule has 1 unspecified atom stereocenters. The SMILES string of the molecule is CCCCCCSC(SCCC(F)(F)C(F)(F)C(F)(F)C(F)(F)C(F)(F)C(F)(F)C(F)(F)C(F)(F)F)C(=O)OCC. The number of alkyl halides is 17. The molecule has 0 radical (unpaired) electrons. The van der Waals surface area contributed by atoms with E-state index in [0.29, 0.717) is 12.8 Å². The Balaban J connectivity index is 6.04. The van der Waals surface area contributed by atoms with Crippen molar-refractivity contribution in [1.82, 2.24) is 0 Å². The Morgan fingerprint density at radius 2 is 1.00 bits per heavy atom. The molecule has 0 aliphatic heterocycles. The fourth-order valence-corrected chi connectivity index (χ4v) is 5.30. The average Bonchev–Trinajstić information content (AvgIpc) is 2.81. The number of carbonyl (C=O) groups is 1. The zero-order valence-corrected chi connectivity index (χ0v) is 22.4. The molecule has 246 valence electrons. The van der Waals surface area contributed by atoms with Crippen molar-refractivity contribution in [2.45, 2.75) is 98.2 Å². The van der Waals surface area contributed by atoms with Crippen molar-refractivity contribution in [2.75, 3.05) is 18.1 Å². The van der Waals surface area contributed by atoms with E-state index in [2.05, 4.69) is 4.74 Å². The second-order valence-corrected chi connectivity index (χ2v) is 11.0. The van der Waals surface area contributed by atoms with Crippen LogP contribution in [0.2, 0.25) is 0 Å². The second kappa shape index (κ2) is 13.7. The molecule has 41 heavy (non-hydrogen) atoms. The van der Waals surface area contributed by atoms with E-state index < -0.39 is 70.4 Å². The molecule has 0 aliphatic carbocycles. The molecule has 0 N–H and O–H groups in total. The van der Waals surface area contributed by atoms with E-state index in [1.54, 1.807) is 0 Å². The smallest absolute Gasteiger partial charge is 0.460 e. The summed E-state index contributed by atoms with van der Waals surface area (Å²) in [4.78, 5) is 11.9. The highest BCUT2D eigenvalue weighted by Crippen LogP contribution is 2.64. The van der Waals surface area contributed by atoms with Crippen LogP contribution in [0.15, 0.2) is 0 Å². The number of carbonyl (C=O) groups excluding carboxylic acids is 1. The molecule has 0 aliphatic rings. The van der Waals surface area contributed by atoms with Gasteiger partial charge in [-0.2, -0.15) is 74.6 Å². The van der Waals surface area contributed by atoms with Crippen molar-refractivity contribution < 1.29 is 84.2 Å². The van der Waals surface area contributed by atoms with Gasteiger partial charge < -0.3 is 4.74 Å². The van der Waals surface area contributed by atoms with Crippen LogP contribution in [0.1, 0.15) is 46.0 Å². The Hall–Kier alpha value is -1.02. The van der Waals surface area contributed by atoms with Gasteiger partial charge in [0.15, 0.2) is 0 Å². The minimum absolute atomic E-state index is 0.0608. The Morgan fingerprint density at radius 3 is 1.41 bits per heavy atom. The van der Waals surface area contributed by atoms with Crippen LogP contribution in [0.25, 0.3) is 0 Å². The van der Waals surface area contributed by atoms with E-state index in [0.717, 1.165) is 24.6 Å². The zero-order chi connectivity index (χ0) is 32.9. The zero-order valence-electron chi connectivity index (χ0n) is 20.8. The topological polar surface area (TPSA) is 26.3 Å². The first kappa shape index (κ1) is 40.0. The highest BCUT2D eigenvalue weighted by molar-refractivity contribution is 8.18. The van der Waals surface area contributed by atoms with E-state index in [1.165, 1.54) is 6.92 Å². The number of ether oxygens (including phenoxy) is 1. The van der Waals surface area contributed by atoms with Crippen LogP contribution in [0.3, 0.4) is 0 Å². The number of esters is 1. The predicted octanol–water partition coefficient (Wildman–Crippen LogP) is 9.32. The molecular formula is C20H23F17O2S2. The van der Waals surface area contributed by atoms with Crippen molar-refractivity contribution in [2.24, 2.45) is 0 Å². The first-order valence-corrected chi connectivity index (χ1v) is 13.4. The summed E-state index contributed by atoms with van der Waals surface area (Å²) in [6.07, 6.45) is -7.72. The van der Waals surface area contributed by atoms with Crippen LogP contribution in [0.4, 0.5) is 74.6 Å². The Labute approximate surface area is 230 Å². The predicted molar refractivity (Wildman–Crippen MR) is 115 cm³/mol. The van der Waals surface area contributed by atoms with Crippen LogP contribution in [0.5, 0.6) is 0 Å². The van der Waals surface area contributed by atoms with Gasteiger partial charge in [0.1, 0.15) is 4.58 Å². The average molecular weight is 683 g/mol. The third kappa shape index (κ3) is 7.74. The van der Waals surface area contributed by atoms with Gasteiger partial charge in [0.2, 0.25) is 0 Å². The van der Waals surface area contributed by atoms with Gasteiger partial charge in [-0.3, -0.25) is 0 Å². The molecule has 0 rings (SSSR count). The summed E-state index contributed by atoms with van der Waals surface area (Å²) in [5.74, 6) is -58.9. The molecule has 0 saturated heterocycles. The largest absolute Gasteiger partial charge is 0.465 e. The van der Waals surface area contributed by atoms with Gasteiger partial charge in [0.25, 0.3) is 0 Å². The van der Waals surface area contributed by atoms with E-state index in [1.807, 2.05) is 6.92 Å². The minimum atomic E-state index is -8.65. The van der Waals surface area contributed by atoms with Gasteiger partial charge in [-0.1, -0.05) is 26.2 Å². The molecule has 0 spiro atoms. The third-order valence-electron chi connectivity index (χ3n) is 5.22. The second-order valence-electron chi connectivity index (χ2n) is 8.28. The maximum atomic E-state index is 14.1. The molecular weight excluding hydrogens is 659 g/mol. The monoisotopic (exact) mass is 682 g/mol. The number of thioether (sulfide) groups is 2. The van der Waals surface area contributed by atoms with Crippen molar-refractivity contribution >= 4 is 29.5 Å². The lowest BCUT2D eigenvalue weighted by atomic mass is 9.88. The van der Waals surface area contributed by atoms with Crippen LogP contribution in [-0.4, -0.2) is 76.3 Å². The van der Waals surface area contributed by atoms with Gasteiger partial charge >= 0.3 is 53.6 Å². The highest BCUT2D eigenvalue weighted by atomic mass is 32.2. The molecule has 0 saturated carbocycles. The molecule has 0 fully saturated rings. The Bertz CT molecular complexity index is 846. The third-order valence-corrected chi connectivity index (χ3v) is 7.99. The van der Waals surface area contributed by atoms with E-state index >= 15 is 0 Å². The molecule has 0 heterocycles. The van der Waals surface area contributed by atoms with Crippen molar-refractivity contribution in [3.63, 3.8) is 0 Å². The summed E-state index contributed by atoms with van der Waals surface area (Å²) in [7, 11) is 0. The van der Waals surface area contributed by atoms with Crippen molar-refractivity contribution in [1.29, 1.82) is 0 Å². The minimum Gasteiger partial charge on any atom is -0.465 e. The summed E-state index contributed by atoms with van der Waals surface area (Å²) in [6.45, 7) is 2.91. The lowest BCUT2D eigenvalue weighted by molar-refractivity contribution is -0.461. The van der Waals surface area contributed by atoms with Gasteiger partial charge in [-0.05, 0) is 19.1 Å². The number of rotatable bonds is 18. The summed E-state index contributed by atoms with van der Waals surface area (Å²) < 4.78 is 230. The summed E-state index contributed by atoms with van der Waals surface area (Å²) in [6, 6.07) is 0. The molecule has 0 bridgehead atoms. The van der Waals surface area contributed by atoms with Crippen molar-refractivity contribution in [3.05, 3.63) is 0 Å². The summed E-state index contributed by atoms with van der Waals surface area (Å²) >= 11 is 0.801. The van der Waals surface area contributed by atoms with E-state index in [9.17, 15) is 79.4 Å². The summed E-state index contributed by atoms with van der Waals surface area (Å²) in [5, 5.41) is 0. The fourth-order valence-electron chi connectivity index (χ4n) is 2.76. The lowest BCUT2D eigenvalue weighted by Gasteiger charge is -2.42. The van der Waals surface area contributed by atoms with E-state index in [4.69, 9.17) is 0 Å². The maximum absolute atomic E-state index is 14.1. The van der Waals surface area contributed by atoms with Crippen molar-refractivity contribution in [3.8, 4) is 0 Å². The van der Waals surface area contributed by atoms with Gasteiger partial charge in [0, 0.05) is 12.2 Å². The number of hydrogen-bond acceptors (Lipinski definition) is 4. The van der Waals surface area contributed by atoms with Crippen LogP contribution >= 0.6 is 23.5 Å². The molecule has 2 nitrogen and oxygen atoms in total. The van der Waals surface area contributed by atoms with Gasteiger partial charge in [-0.25, -0.2) is 4.79 Å². The standard InChI is InChI=1S/C20H23F17O2S2/c1-3-5-6-7-9-40-12(11(38)39-4-2)41-10-8-13(21,22)14(23,24)15(25,26)16(27,28)17(29,30)18(31,32)19(33,34)20(35,36)37/h12H,3-10H2,1-2H3. The Kier molecular flexibility index (Phi) is 13.4.